The summed E-state index contributed by atoms with van der Waals surface area (Å²) in [6.07, 6.45) is 0. The third-order valence-corrected chi connectivity index (χ3v) is 5.56. The van der Waals surface area contributed by atoms with Crippen LogP contribution in [0, 0.1) is 0 Å². The van der Waals surface area contributed by atoms with E-state index in [2.05, 4.69) is 10.2 Å². The number of benzene rings is 1. The second-order valence-electron chi connectivity index (χ2n) is 3.70. The zero-order chi connectivity index (χ0) is 14.7. The van der Waals surface area contributed by atoms with Crippen molar-refractivity contribution in [3.05, 3.63) is 38.8 Å². The van der Waals surface area contributed by atoms with Crippen molar-refractivity contribution in [1.29, 1.82) is 0 Å². The number of halogens is 3. The van der Waals surface area contributed by atoms with Gasteiger partial charge in [0.25, 0.3) is 0 Å². The lowest BCUT2D eigenvalue weighted by Gasteiger charge is -2.02. The lowest BCUT2D eigenvalue weighted by Crippen LogP contribution is -2.16. The zero-order valence-corrected chi connectivity index (χ0v) is 13.7. The molecule has 0 aliphatic rings. The molecule has 20 heavy (non-hydrogen) atoms. The van der Waals surface area contributed by atoms with E-state index in [1.54, 1.807) is 12.1 Å². The molecule has 4 nitrogen and oxygen atoms in total. The number of hydrogen-bond acceptors (Lipinski definition) is 5. The topological polar surface area (TPSA) is 68.9 Å². The van der Waals surface area contributed by atoms with Crippen molar-refractivity contribution in [2.24, 2.45) is 5.73 Å². The fraction of sp³-hybridized carbons (Fsp3) is 0.182. The normalized spacial score (nSPS) is 12.3. The fourth-order valence-corrected chi connectivity index (χ4v) is 3.87. The summed E-state index contributed by atoms with van der Waals surface area (Å²) in [6.45, 7) is 0. The third kappa shape index (κ3) is 3.99. The predicted octanol–water partition coefficient (Wildman–Crippen LogP) is 3.90. The van der Waals surface area contributed by atoms with E-state index in [1.165, 1.54) is 23.1 Å². The van der Waals surface area contributed by atoms with Crippen LogP contribution in [-0.4, -0.2) is 16.1 Å². The smallest absolute Gasteiger partial charge is 0.242 e. The lowest BCUT2D eigenvalue weighted by atomic mass is 10.2. The average Bonchev–Trinajstić information content (AvgIpc) is 2.85. The second kappa shape index (κ2) is 6.95. The Kier molecular flexibility index (Phi) is 5.51. The third-order valence-electron chi connectivity index (χ3n) is 2.25. The maximum absolute atomic E-state index is 11.0. The first-order valence-corrected chi connectivity index (χ1v) is 8.30. The molecule has 1 heterocycles. The molecule has 0 aliphatic carbocycles. The van der Waals surface area contributed by atoms with Crippen molar-refractivity contribution in [2.75, 3.05) is 0 Å². The molecule has 1 aromatic heterocycles. The van der Waals surface area contributed by atoms with Gasteiger partial charge in [-0.2, -0.15) is 0 Å². The molecule has 0 radical (unpaired) electrons. The Morgan fingerprint density at radius 2 is 2.15 bits per heavy atom. The molecule has 2 N–H and O–H groups in total. The van der Waals surface area contributed by atoms with Gasteiger partial charge in [-0.3, -0.25) is 4.79 Å². The van der Waals surface area contributed by atoms with E-state index in [0.29, 0.717) is 25.1 Å². The van der Waals surface area contributed by atoms with Crippen LogP contribution in [0.1, 0.15) is 15.9 Å². The van der Waals surface area contributed by atoms with Crippen molar-refractivity contribution < 1.29 is 4.79 Å². The summed E-state index contributed by atoms with van der Waals surface area (Å²) in [7, 11) is 0. The Morgan fingerprint density at radius 3 is 2.80 bits per heavy atom. The van der Waals surface area contributed by atoms with Gasteiger partial charge in [-0.05, 0) is 17.7 Å². The van der Waals surface area contributed by atoms with Crippen molar-refractivity contribution >= 4 is 63.8 Å². The van der Waals surface area contributed by atoms with Crippen molar-refractivity contribution in [2.45, 2.75) is 15.5 Å². The monoisotopic (exact) mass is 367 g/mol. The maximum atomic E-state index is 11.0. The molecular weight excluding hydrogens is 361 g/mol. The summed E-state index contributed by atoms with van der Waals surface area (Å²) in [4.78, 5) is 11.0. The number of hydrogen-bond donors (Lipinski definition) is 1. The molecule has 1 unspecified atom stereocenters. The number of alkyl halides is 1. The number of nitrogens with two attached hydrogens (primary N) is 1. The van der Waals surface area contributed by atoms with Gasteiger partial charge in [-0.25, -0.2) is 0 Å². The van der Waals surface area contributed by atoms with Crippen LogP contribution < -0.4 is 5.73 Å². The van der Waals surface area contributed by atoms with E-state index in [9.17, 15) is 4.79 Å². The first-order valence-electron chi connectivity index (χ1n) is 5.31. The summed E-state index contributed by atoms with van der Waals surface area (Å²) in [6, 6.07) is 5.32. The summed E-state index contributed by atoms with van der Waals surface area (Å²) in [5.41, 5.74) is 6.05. The highest BCUT2D eigenvalue weighted by Gasteiger charge is 2.19. The van der Waals surface area contributed by atoms with Gasteiger partial charge in [-0.1, -0.05) is 52.4 Å². The second-order valence-corrected chi connectivity index (χ2v) is 7.21. The molecule has 2 aromatic rings. The first-order chi connectivity index (χ1) is 9.47. The minimum absolute atomic E-state index is 0.392. The standard InChI is InChI=1S/C11H8Cl3N3OS2/c12-6-2-1-5(7(13)3-6)4-19-11-17-16-10(20-11)8(14)9(15)18/h1-3,8H,4H2,(H2,15,18). The number of rotatable bonds is 5. The Labute approximate surface area is 138 Å². The highest BCUT2D eigenvalue weighted by Crippen LogP contribution is 2.32. The summed E-state index contributed by atoms with van der Waals surface area (Å²) < 4.78 is 0.693. The Balaban J connectivity index is 2.02. The van der Waals surface area contributed by atoms with Crippen LogP contribution in [0.5, 0.6) is 0 Å². The van der Waals surface area contributed by atoms with E-state index < -0.39 is 11.3 Å². The summed E-state index contributed by atoms with van der Waals surface area (Å²) in [5.74, 6) is -0.0196. The van der Waals surface area contributed by atoms with Crippen LogP contribution in [0.4, 0.5) is 0 Å². The van der Waals surface area contributed by atoms with Gasteiger partial charge in [0.2, 0.25) is 5.91 Å². The van der Waals surface area contributed by atoms with Gasteiger partial charge >= 0.3 is 0 Å². The minimum atomic E-state index is -0.944. The largest absolute Gasteiger partial charge is 0.368 e. The highest BCUT2D eigenvalue weighted by atomic mass is 35.5. The van der Waals surface area contributed by atoms with Gasteiger partial charge in [-0.15, -0.1) is 21.8 Å². The number of carbonyl (C=O) groups is 1. The van der Waals surface area contributed by atoms with Gasteiger partial charge in [0, 0.05) is 15.8 Å². The van der Waals surface area contributed by atoms with E-state index >= 15 is 0 Å². The number of amides is 1. The summed E-state index contributed by atoms with van der Waals surface area (Å²) >= 11 is 20.4. The highest BCUT2D eigenvalue weighted by molar-refractivity contribution is 8.00. The SMILES string of the molecule is NC(=O)C(Cl)c1nnc(SCc2ccc(Cl)cc2Cl)s1. The van der Waals surface area contributed by atoms with Gasteiger partial charge in [0.05, 0.1) is 0 Å². The van der Waals surface area contributed by atoms with E-state index in [-0.39, 0.29) is 0 Å². The number of nitrogens with zero attached hydrogens (tertiary/aromatic N) is 2. The molecule has 1 atom stereocenters. The quantitative estimate of drug-likeness (QED) is 0.642. The molecule has 0 saturated carbocycles. The zero-order valence-electron chi connectivity index (χ0n) is 9.85. The number of aromatic nitrogens is 2. The van der Waals surface area contributed by atoms with Crippen LogP contribution in [0.2, 0.25) is 10.0 Å². The van der Waals surface area contributed by atoms with Crippen LogP contribution in [-0.2, 0) is 10.5 Å². The van der Waals surface area contributed by atoms with Crippen LogP contribution in [0.15, 0.2) is 22.5 Å². The minimum Gasteiger partial charge on any atom is -0.368 e. The molecule has 0 fully saturated rings. The molecule has 0 aliphatic heterocycles. The molecular formula is C11H8Cl3N3OS2. The Morgan fingerprint density at radius 1 is 1.40 bits per heavy atom. The molecule has 9 heteroatoms. The molecule has 0 spiro atoms. The number of carbonyl (C=O) groups excluding carboxylic acids is 1. The number of primary amides is 1. The van der Waals surface area contributed by atoms with Gasteiger partial charge < -0.3 is 5.73 Å². The molecule has 1 aromatic carbocycles. The maximum Gasteiger partial charge on any atom is 0.242 e. The number of thioether (sulfide) groups is 1. The van der Waals surface area contributed by atoms with Crippen LogP contribution >= 0.6 is 57.9 Å². The van der Waals surface area contributed by atoms with Crippen LogP contribution in [0.3, 0.4) is 0 Å². The van der Waals surface area contributed by atoms with Crippen molar-refractivity contribution in [1.82, 2.24) is 10.2 Å². The molecule has 106 valence electrons. The Hall–Kier alpha value is -0.530. The van der Waals surface area contributed by atoms with Gasteiger partial charge in [0.1, 0.15) is 5.01 Å². The predicted molar refractivity (Wildman–Crippen MR) is 83.7 cm³/mol. The first kappa shape index (κ1) is 15.9. The van der Waals surface area contributed by atoms with Crippen molar-refractivity contribution in [3.63, 3.8) is 0 Å². The van der Waals surface area contributed by atoms with E-state index in [4.69, 9.17) is 40.5 Å². The lowest BCUT2D eigenvalue weighted by molar-refractivity contribution is -0.117. The van der Waals surface area contributed by atoms with Gasteiger partial charge in [0.15, 0.2) is 9.72 Å². The molecule has 1 amide bonds. The fourth-order valence-electron chi connectivity index (χ4n) is 1.28. The Bertz CT molecular complexity index is 635. The molecule has 0 bridgehead atoms. The molecule has 2 rings (SSSR count). The van der Waals surface area contributed by atoms with E-state index in [1.807, 2.05) is 6.07 Å². The molecule has 0 saturated heterocycles. The van der Waals surface area contributed by atoms with Crippen LogP contribution in [0.25, 0.3) is 0 Å². The van der Waals surface area contributed by atoms with E-state index in [0.717, 1.165) is 5.56 Å². The average molecular weight is 369 g/mol. The summed E-state index contributed by atoms with van der Waals surface area (Å²) in [5, 5.41) is 8.44. The van der Waals surface area contributed by atoms with Crippen molar-refractivity contribution in [3.8, 4) is 0 Å².